The van der Waals surface area contributed by atoms with Crippen LogP contribution in [0, 0.1) is 0 Å². The number of benzene rings is 3. The number of carbonyl (C=O) groups excluding carboxylic acids is 1. The Hall–Kier alpha value is -4.13. The molecular weight excluding hydrogens is 428 g/mol. The average Bonchev–Trinajstić information content (AvgIpc) is 3.42. The second-order valence-electron chi connectivity index (χ2n) is 8.35. The first-order valence-corrected chi connectivity index (χ1v) is 11.4. The largest absolute Gasteiger partial charge is 0.497 e. The van der Waals surface area contributed by atoms with Gasteiger partial charge in [0.05, 0.1) is 23.7 Å². The molecular formula is C27H26N4O3. The van der Waals surface area contributed by atoms with E-state index in [2.05, 4.69) is 10.2 Å². The molecule has 1 amide bonds. The Kier molecular flexibility index (Phi) is 5.99. The van der Waals surface area contributed by atoms with Crippen molar-refractivity contribution in [2.75, 3.05) is 25.1 Å². The molecule has 0 saturated carbocycles. The maximum Gasteiger partial charge on any atom is 0.267 e. The van der Waals surface area contributed by atoms with Crippen LogP contribution < -0.4 is 20.5 Å². The predicted molar refractivity (Wildman–Crippen MR) is 133 cm³/mol. The Labute approximate surface area is 197 Å². The van der Waals surface area contributed by atoms with Gasteiger partial charge in [0, 0.05) is 25.2 Å². The highest BCUT2D eigenvalue weighted by atomic mass is 16.5. The van der Waals surface area contributed by atoms with Crippen molar-refractivity contribution in [1.82, 2.24) is 14.9 Å². The number of para-hydroxylation sites is 1. The SMILES string of the molecule is COc1cccc(CNC(=O)c2ccc3c(=O)n(-c4ccccc4)c(N4CCCC4)nc3c2)c1. The Balaban J connectivity index is 1.50. The second kappa shape index (κ2) is 9.39. The number of fused-ring (bicyclic) bond motifs is 1. The summed E-state index contributed by atoms with van der Waals surface area (Å²) in [5, 5.41) is 3.42. The molecule has 1 saturated heterocycles. The summed E-state index contributed by atoms with van der Waals surface area (Å²) in [6.07, 6.45) is 2.13. The summed E-state index contributed by atoms with van der Waals surface area (Å²) in [5.41, 5.74) is 2.57. The van der Waals surface area contributed by atoms with Crippen LogP contribution in [-0.4, -0.2) is 35.7 Å². The third-order valence-electron chi connectivity index (χ3n) is 6.10. The molecule has 0 atom stereocenters. The van der Waals surface area contributed by atoms with Crippen LogP contribution in [0.1, 0.15) is 28.8 Å². The fourth-order valence-corrected chi connectivity index (χ4v) is 4.32. The van der Waals surface area contributed by atoms with Crippen LogP contribution in [0.5, 0.6) is 5.75 Å². The fourth-order valence-electron chi connectivity index (χ4n) is 4.32. The van der Waals surface area contributed by atoms with E-state index in [9.17, 15) is 9.59 Å². The van der Waals surface area contributed by atoms with E-state index < -0.39 is 0 Å². The highest BCUT2D eigenvalue weighted by Gasteiger charge is 2.21. The highest BCUT2D eigenvalue weighted by Crippen LogP contribution is 2.23. The lowest BCUT2D eigenvalue weighted by Gasteiger charge is -2.22. The molecule has 5 rings (SSSR count). The van der Waals surface area contributed by atoms with E-state index in [-0.39, 0.29) is 11.5 Å². The van der Waals surface area contributed by atoms with Crippen LogP contribution in [0.4, 0.5) is 5.95 Å². The molecule has 172 valence electrons. The van der Waals surface area contributed by atoms with Gasteiger partial charge in [0.1, 0.15) is 5.75 Å². The lowest BCUT2D eigenvalue weighted by Crippen LogP contribution is -2.30. The molecule has 1 aliphatic heterocycles. The van der Waals surface area contributed by atoms with E-state index in [1.54, 1.807) is 29.9 Å². The molecule has 0 aliphatic carbocycles. The predicted octanol–water partition coefficient (Wildman–Crippen LogP) is 3.92. The number of amides is 1. The fraction of sp³-hybridized carbons (Fsp3) is 0.222. The van der Waals surface area contributed by atoms with Crippen LogP contribution in [-0.2, 0) is 6.54 Å². The monoisotopic (exact) mass is 454 g/mol. The molecule has 4 aromatic rings. The molecule has 3 aromatic carbocycles. The number of rotatable bonds is 6. The van der Waals surface area contributed by atoms with Crippen molar-refractivity contribution in [2.45, 2.75) is 19.4 Å². The first-order chi connectivity index (χ1) is 16.6. The summed E-state index contributed by atoms with van der Waals surface area (Å²) >= 11 is 0. The van der Waals surface area contributed by atoms with Crippen molar-refractivity contribution in [2.24, 2.45) is 0 Å². The van der Waals surface area contributed by atoms with Crippen LogP contribution in [0.3, 0.4) is 0 Å². The summed E-state index contributed by atoms with van der Waals surface area (Å²) in [6.45, 7) is 2.08. The summed E-state index contributed by atoms with van der Waals surface area (Å²) in [4.78, 5) is 33.4. The van der Waals surface area contributed by atoms with Crippen LogP contribution >= 0.6 is 0 Å². The number of hydrogen-bond donors (Lipinski definition) is 1. The molecule has 34 heavy (non-hydrogen) atoms. The minimum atomic E-state index is -0.221. The maximum absolute atomic E-state index is 13.5. The Morgan fingerprint density at radius 1 is 1.00 bits per heavy atom. The van der Waals surface area contributed by atoms with Gasteiger partial charge in [-0.2, -0.15) is 0 Å². The van der Waals surface area contributed by atoms with Crippen LogP contribution in [0.15, 0.2) is 77.6 Å². The molecule has 1 aliphatic rings. The standard InChI is InChI=1S/C27H26N4O3/c1-34-22-11-7-8-19(16-22)18-28-25(32)20-12-13-23-24(17-20)29-27(30-14-5-6-15-30)31(26(23)33)21-9-3-2-4-10-21/h2-4,7-13,16-17H,5-6,14-15,18H2,1H3,(H,28,32). The normalized spacial score (nSPS) is 13.3. The number of carbonyl (C=O) groups is 1. The zero-order valence-corrected chi connectivity index (χ0v) is 19.0. The van der Waals surface area contributed by atoms with Crippen molar-refractivity contribution >= 4 is 22.8 Å². The molecule has 1 fully saturated rings. The number of anilines is 1. The molecule has 7 heteroatoms. The van der Waals surface area contributed by atoms with E-state index in [4.69, 9.17) is 9.72 Å². The number of hydrogen-bond acceptors (Lipinski definition) is 5. The van der Waals surface area contributed by atoms with Gasteiger partial charge in [-0.25, -0.2) is 9.55 Å². The van der Waals surface area contributed by atoms with E-state index in [1.165, 1.54) is 0 Å². The molecule has 1 N–H and O–H groups in total. The van der Waals surface area contributed by atoms with Gasteiger partial charge in [0.2, 0.25) is 5.95 Å². The highest BCUT2D eigenvalue weighted by molar-refractivity contribution is 5.97. The minimum absolute atomic E-state index is 0.138. The maximum atomic E-state index is 13.5. The summed E-state index contributed by atoms with van der Waals surface area (Å²) < 4.78 is 6.92. The second-order valence-corrected chi connectivity index (χ2v) is 8.35. The smallest absolute Gasteiger partial charge is 0.267 e. The lowest BCUT2D eigenvalue weighted by molar-refractivity contribution is 0.0951. The molecule has 0 radical (unpaired) electrons. The van der Waals surface area contributed by atoms with Gasteiger partial charge in [-0.15, -0.1) is 0 Å². The Morgan fingerprint density at radius 2 is 1.79 bits per heavy atom. The van der Waals surface area contributed by atoms with Crippen LogP contribution in [0.2, 0.25) is 0 Å². The molecule has 7 nitrogen and oxygen atoms in total. The molecule has 1 aromatic heterocycles. The molecule has 0 spiro atoms. The number of aromatic nitrogens is 2. The number of nitrogens with one attached hydrogen (secondary N) is 1. The van der Waals surface area contributed by atoms with Crippen molar-refractivity contribution in [3.63, 3.8) is 0 Å². The quantitative estimate of drug-likeness (QED) is 0.478. The first-order valence-electron chi connectivity index (χ1n) is 11.4. The van der Waals surface area contributed by atoms with Gasteiger partial charge in [0.25, 0.3) is 11.5 Å². The van der Waals surface area contributed by atoms with E-state index >= 15 is 0 Å². The number of ether oxygens (including phenoxy) is 1. The summed E-state index contributed by atoms with van der Waals surface area (Å²) in [7, 11) is 1.61. The first kappa shape index (κ1) is 21.7. The van der Waals surface area contributed by atoms with E-state index in [0.717, 1.165) is 42.9 Å². The van der Waals surface area contributed by atoms with Gasteiger partial charge in [-0.3, -0.25) is 9.59 Å². The topological polar surface area (TPSA) is 76.5 Å². The van der Waals surface area contributed by atoms with Crippen molar-refractivity contribution in [3.05, 3.63) is 94.3 Å². The van der Waals surface area contributed by atoms with Gasteiger partial charge < -0.3 is 15.0 Å². The third kappa shape index (κ3) is 4.24. The van der Waals surface area contributed by atoms with Gasteiger partial charge >= 0.3 is 0 Å². The van der Waals surface area contributed by atoms with Gasteiger partial charge in [-0.05, 0) is 60.9 Å². The van der Waals surface area contributed by atoms with Gasteiger partial charge in [0.15, 0.2) is 0 Å². The number of nitrogens with zero attached hydrogens (tertiary/aromatic N) is 3. The molecule has 0 unspecified atom stereocenters. The zero-order valence-electron chi connectivity index (χ0n) is 19.0. The zero-order chi connectivity index (χ0) is 23.5. The van der Waals surface area contributed by atoms with Crippen molar-refractivity contribution < 1.29 is 9.53 Å². The van der Waals surface area contributed by atoms with Crippen molar-refractivity contribution in [3.8, 4) is 11.4 Å². The third-order valence-corrected chi connectivity index (χ3v) is 6.10. The van der Waals surface area contributed by atoms with E-state index in [0.29, 0.717) is 29.0 Å². The summed E-state index contributed by atoms with van der Waals surface area (Å²) in [6, 6.07) is 22.2. The van der Waals surface area contributed by atoms with Gasteiger partial charge in [-0.1, -0.05) is 30.3 Å². The minimum Gasteiger partial charge on any atom is -0.497 e. The molecule has 0 bridgehead atoms. The Bertz CT molecular complexity index is 1390. The number of methoxy groups -OCH3 is 1. The summed E-state index contributed by atoms with van der Waals surface area (Å²) in [5.74, 6) is 1.14. The van der Waals surface area contributed by atoms with Crippen molar-refractivity contribution in [1.29, 1.82) is 0 Å². The van der Waals surface area contributed by atoms with Crippen LogP contribution in [0.25, 0.3) is 16.6 Å². The Morgan fingerprint density at radius 3 is 2.56 bits per heavy atom. The average molecular weight is 455 g/mol. The lowest BCUT2D eigenvalue weighted by atomic mass is 10.1. The molecule has 2 heterocycles. The van der Waals surface area contributed by atoms with E-state index in [1.807, 2.05) is 54.6 Å².